The van der Waals surface area contributed by atoms with Gasteiger partial charge in [0.2, 0.25) is 10.0 Å². The van der Waals surface area contributed by atoms with E-state index in [4.69, 9.17) is 0 Å². The summed E-state index contributed by atoms with van der Waals surface area (Å²) >= 11 is 0. The Morgan fingerprint density at radius 2 is 1.90 bits per heavy atom. The molecule has 0 atom stereocenters. The molecular weight excluding hydrogens is 276 g/mol. The lowest BCUT2D eigenvalue weighted by atomic mass is 10.3. The third kappa shape index (κ3) is 3.58. The number of aryl methyl sites for hydroxylation is 1. The lowest BCUT2D eigenvalue weighted by Gasteiger charge is -2.07. The third-order valence-corrected chi connectivity index (χ3v) is 4.37. The van der Waals surface area contributed by atoms with Crippen LogP contribution in [-0.4, -0.2) is 31.8 Å². The summed E-state index contributed by atoms with van der Waals surface area (Å²) in [6.07, 6.45) is 2.40. The van der Waals surface area contributed by atoms with E-state index in [0.717, 1.165) is 11.4 Å². The van der Waals surface area contributed by atoms with Crippen LogP contribution < -0.4 is 10.0 Å². The van der Waals surface area contributed by atoms with Crippen molar-refractivity contribution in [2.75, 3.05) is 18.9 Å². The van der Waals surface area contributed by atoms with Crippen molar-refractivity contribution in [3.63, 3.8) is 0 Å². The van der Waals surface area contributed by atoms with E-state index < -0.39 is 10.0 Å². The maximum absolute atomic E-state index is 12.1. The number of benzene rings is 1. The van der Waals surface area contributed by atoms with Gasteiger partial charge in [0.1, 0.15) is 0 Å². The number of anilines is 1. The van der Waals surface area contributed by atoms with Crippen molar-refractivity contribution in [3.05, 3.63) is 42.2 Å². The molecule has 0 unspecified atom stereocenters. The second-order valence-electron chi connectivity index (χ2n) is 4.40. The second kappa shape index (κ2) is 6.06. The largest absolute Gasteiger partial charge is 0.388 e. The maximum atomic E-state index is 12.1. The fraction of sp³-hybridized carbons (Fsp3) is 0.308. The molecule has 108 valence electrons. The van der Waals surface area contributed by atoms with Crippen LogP contribution in [0.1, 0.15) is 5.69 Å². The molecule has 6 nitrogen and oxygen atoms in total. The van der Waals surface area contributed by atoms with E-state index in [9.17, 15) is 8.42 Å². The van der Waals surface area contributed by atoms with E-state index in [-0.39, 0.29) is 4.90 Å². The standard InChI is InChI=1S/C13H18N4O2S/c1-14-11-3-5-13(6-4-11)20(18,19)15-9-7-12-8-10-17(2)16-12/h3-6,8,10,14-15H,7,9H2,1-2H3. The lowest BCUT2D eigenvalue weighted by molar-refractivity contribution is 0.581. The normalized spacial score (nSPS) is 11.5. The highest BCUT2D eigenvalue weighted by atomic mass is 32.2. The van der Waals surface area contributed by atoms with Crippen LogP contribution in [0.4, 0.5) is 5.69 Å². The van der Waals surface area contributed by atoms with Gasteiger partial charge in [-0.25, -0.2) is 13.1 Å². The molecule has 20 heavy (non-hydrogen) atoms. The van der Waals surface area contributed by atoms with Gasteiger partial charge in [0.25, 0.3) is 0 Å². The third-order valence-electron chi connectivity index (χ3n) is 2.90. The SMILES string of the molecule is CNc1ccc(S(=O)(=O)NCCc2ccn(C)n2)cc1. The Hall–Kier alpha value is -1.86. The highest BCUT2D eigenvalue weighted by Crippen LogP contribution is 2.13. The minimum atomic E-state index is -3.46. The molecule has 1 aromatic carbocycles. The average molecular weight is 294 g/mol. The van der Waals surface area contributed by atoms with E-state index in [1.807, 2.05) is 19.3 Å². The summed E-state index contributed by atoms with van der Waals surface area (Å²) in [5.74, 6) is 0. The topological polar surface area (TPSA) is 76.0 Å². The van der Waals surface area contributed by atoms with Crippen LogP contribution in [0.15, 0.2) is 41.4 Å². The quantitative estimate of drug-likeness (QED) is 0.833. The zero-order valence-electron chi connectivity index (χ0n) is 11.5. The molecule has 7 heteroatoms. The molecule has 1 heterocycles. The molecule has 0 amide bonds. The molecule has 0 aliphatic heterocycles. The first kappa shape index (κ1) is 14.5. The highest BCUT2D eigenvalue weighted by molar-refractivity contribution is 7.89. The van der Waals surface area contributed by atoms with E-state index in [1.165, 1.54) is 0 Å². The number of rotatable bonds is 6. The average Bonchev–Trinajstić information content (AvgIpc) is 2.84. The fourth-order valence-corrected chi connectivity index (χ4v) is 2.83. The number of nitrogens with one attached hydrogen (secondary N) is 2. The molecular formula is C13H18N4O2S. The predicted octanol–water partition coefficient (Wildman–Crippen LogP) is 0.983. The van der Waals surface area contributed by atoms with Crippen molar-refractivity contribution in [1.82, 2.24) is 14.5 Å². The summed E-state index contributed by atoms with van der Waals surface area (Å²) in [6, 6.07) is 8.49. The van der Waals surface area contributed by atoms with Gasteiger partial charge in [0.05, 0.1) is 10.6 Å². The predicted molar refractivity (Wildman–Crippen MR) is 78.1 cm³/mol. The monoisotopic (exact) mass is 294 g/mol. The number of nitrogens with zero attached hydrogens (tertiary/aromatic N) is 2. The molecule has 0 aliphatic carbocycles. The molecule has 0 saturated carbocycles. The van der Waals surface area contributed by atoms with E-state index in [0.29, 0.717) is 13.0 Å². The first-order valence-electron chi connectivity index (χ1n) is 6.27. The summed E-state index contributed by atoms with van der Waals surface area (Å²) in [4.78, 5) is 0.262. The zero-order valence-corrected chi connectivity index (χ0v) is 12.3. The Bertz CT molecular complexity index is 662. The number of sulfonamides is 1. The number of hydrogen-bond donors (Lipinski definition) is 2. The summed E-state index contributed by atoms with van der Waals surface area (Å²) in [6.45, 7) is 0.327. The van der Waals surface area contributed by atoms with Gasteiger partial charge in [0, 0.05) is 38.9 Å². The Balaban J connectivity index is 1.96. The van der Waals surface area contributed by atoms with Gasteiger partial charge in [-0.15, -0.1) is 0 Å². The molecule has 0 spiro atoms. The van der Waals surface area contributed by atoms with Crippen LogP contribution in [0.3, 0.4) is 0 Å². The molecule has 0 radical (unpaired) electrons. The Kier molecular flexibility index (Phi) is 4.41. The highest BCUT2D eigenvalue weighted by Gasteiger charge is 2.13. The molecule has 2 rings (SSSR count). The van der Waals surface area contributed by atoms with E-state index in [1.54, 1.807) is 36.0 Å². The molecule has 0 saturated heterocycles. The Morgan fingerprint density at radius 3 is 2.45 bits per heavy atom. The summed E-state index contributed by atoms with van der Waals surface area (Å²) in [5, 5.41) is 7.15. The second-order valence-corrected chi connectivity index (χ2v) is 6.17. The Labute approximate surface area is 118 Å². The van der Waals surface area contributed by atoms with Crippen LogP contribution in [0.5, 0.6) is 0 Å². The van der Waals surface area contributed by atoms with Gasteiger partial charge in [-0.1, -0.05) is 0 Å². The van der Waals surface area contributed by atoms with Crippen LogP contribution in [0, 0.1) is 0 Å². The van der Waals surface area contributed by atoms with Crippen molar-refractivity contribution in [1.29, 1.82) is 0 Å². The number of aromatic nitrogens is 2. The van der Waals surface area contributed by atoms with Crippen LogP contribution in [-0.2, 0) is 23.5 Å². The van der Waals surface area contributed by atoms with E-state index in [2.05, 4.69) is 15.1 Å². The van der Waals surface area contributed by atoms with E-state index >= 15 is 0 Å². The lowest BCUT2D eigenvalue weighted by Crippen LogP contribution is -2.26. The molecule has 1 aromatic heterocycles. The summed E-state index contributed by atoms with van der Waals surface area (Å²) < 4.78 is 28.4. The van der Waals surface area contributed by atoms with Crippen molar-refractivity contribution < 1.29 is 8.42 Å². The zero-order chi connectivity index (χ0) is 14.6. The fourth-order valence-electron chi connectivity index (χ4n) is 1.79. The smallest absolute Gasteiger partial charge is 0.240 e. The minimum absolute atomic E-state index is 0.262. The van der Waals surface area contributed by atoms with Gasteiger partial charge in [0.15, 0.2) is 0 Å². The Morgan fingerprint density at radius 1 is 1.20 bits per heavy atom. The molecule has 2 N–H and O–H groups in total. The summed E-state index contributed by atoms with van der Waals surface area (Å²) in [5.41, 5.74) is 1.73. The first-order valence-corrected chi connectivity index (χ1v) is 7.75. The molecule has 0 bridgehead atoms. The molecule has 2 aromatic rings. The number of hydrogen-bond acceptors (Lipinski definition) is 4. The summed E-state index contributed by atoms with van der Waals surface area (Å²) in [7, 11) is 0.156. The van der Waals surface area contributed by atoms with Gasteiger partial charge in [-0.05, 0) is 30.3 Å². The van der Waals surface area contributed by atoms with Gasteiger partial charge in [-0.3, -0.25) is 4.68 Å². The van der Waals surface area contributed by atoms with Crippen molar-refractivity contribution >= 4 is 15.7 Å². The van der Waals surface area contributed by atoms with Crippen LogP contribution in [0.2, 0.25) is 0 Å². The van der Waals surface area contributed by atoms with Gasteiger partial charge < -0.3 is 5.32 Å². The van der Waals surface area contributed by atoms with Crippen LogP contribution in [0.25, 0.3) is 0 Å². The molecule has 0 fully saturated rings. The van der Waals surface area contributed by atoms with Crippen LogP contribution >= 0.6 is 0 Å². The first-order chi connectivity index (χ1) is 9.51. The molecule has 0 aliphatic rings. The van der Waals surface area contributed by atoms with Gasteiger partial charge in [-0.2, -0.15) is 5.10 Å². The van der Waals surface area contributed by atoms with Crippen molar-refractivity contribution in [3.8, 4) is 0 Å². The van der Waals surface area contributed by atoms with Crippen molar-refractivity contribution in [2.24, 2.45) is 7.05 Å². The van der Waals surface area contributed by atoms with Crippen molar-refractivity contribution in [2.45, 2.75) is 11.3 Å². The maximum Gasteiger partial charge on any atom is 0.240 e. The van der Waals surface area contributed by atoms with Gasteiger partial charge >= 0.3 is 0 Å². The minimum Gasteiger partial charge on any atom is -0.388 e.